The van der Waals surface area contributed by atoms with Gasteiger partial charge in [0, 0.05) is 22.1 Å². The number of para-hydroxylation sites is 1. The van der Waals surface area contributed by atoms with Crippen LogP contribution in [0.4, 0.5) is 17.1 Å². The molecule has 0 radical (unpaired) electrons. The van der Waals surface area contributed by atoms with Gasteiger partial charge in [-0.05, 0) is 148 Å². The van der Waals surface area contributed by atoms with Crippen molar-refractivity contribution in [3.05, 3.63) is 237 Å². The van der Waals surface area contributed by atoms with Gasteiger partial charge >= 0.3 is 0 Å². The molecule has 13 aromatic rings. The summed E-state index contributed by atoms with van der Waals surface area (Å²) < 4.78 is 6.87. The smallest absolute Gasteiger partial charge is 0.160 e. The van der Waals surface area contributed by atoms with Crippen molar-refractivity contribution >= 4 is 92.9 Å². The summed E-state index contributed by atoms with van der Waals surface area (Å²) >= 11 is 0. The van der Waals surface area contributed by atoms with E-state index in [1.807, 2.05) is 0 Å². The molecule has 0 bridgehead atoms. The number of fused-ring (bicyclic) bond motifs is 9. The lowest BCUT2D eigenvalue weighted by Gasteiger charge is -2.27. The maximum atomic E-state index is 6.87. The Morgan fingerprint density at radius 1 is 0.281 bits per heavy atom. The molecule has 0 aliphatic rings. The van der Waals surface area contributed by atoms with Gasteiger partial charge in [0.2, 0.25) is 0 Å². The van der Waals surface area contributed by atoms with Crippen molar-refractivity contribution in [1.82, 2.24) is 0 Å². The van der Waals surface area contributed by atoms with Crippen molar-refractivity contribution in [1.29, 1.82) is 0 Å². The van der Waals surface area contributed by atoms with E-state index in [9.17, 15) is 0 Å². The molecule has 1 aromatic heterocycles. The van der Waals surface area contributed by atoms with E-state index < -0.39 is 0 Å². The molecule has 64 heavy (non-hydrogen) atoms. The molecule has 0 saturated carbocycles. The lowest BCUT2D eigenvalue weighted by Crippen LogP contribution is -2.10. The number of furan rings is 1. The molecule has 0 saturated heterocycles. The van der Waals surface area contributed by atoms with Gasteiger partial charge in [0.25, 0.3) is 0 Å². The third-order valence-electron chi connectivity index (χ3n) is 13.2. The fourth-order valence-electron chi connectivity index (χ4n) is 9.94. The van der Waals surface area contributed by atoms with Crippen molar-refractivity contribution in [2.75, 3.05) is 4.90 Å². The minimum atomic E-state index is 0.867. The summed E-state index contributed by atoms with van der Waals surface area (Å²) in [6.45, 7) is 0. The molecule has 2 nitrogen and oxygen atoms in total. The monoisotopic (exact) mass is 813 g/mol. The third-order valence-corrected chi connectivity index (χ3v) is 13.2. The molecule has 12 aromatic carbocycles. The standard InChI is InChI=1S/C62H39NO/c1-2-12-44-34-46(22-20-40(44)10-1)49-26-25-47-35-45(23-24-48(47)36-49)41-28-31-53(32-29-41)63(59-39-50-13-4-6-16-57(50)61-58-17-7-8-19-60(58)64-62(59)61)54-33-30-42-21-27-51(37-52(42)38-54)56-18-9-14-43-11-3-5-15-55(43)56/h1-39H. The highest BCUT2D eigenvalue weighted by atomic mass is 16.3. The number of benzene rings is 12. The maximum Gasteiger partial charge on any atom is 0.160 e. The molecule has 0 aliphatic heterocycles. The summed E-state index contributed by atoms with van der Waals surface area (Å²) in [5.41, 5.74) is 12.1. The summed E-state index contributed by atoms with van der Waals surface area (Å²) in [7, 11) is 0. The largest absolute Gasteiger partial charge is 0.454 e. The van der Waals surface area contributed by atoms with Crippen LogP contribution in [0.3, 0.4) is 0 Å². The summed E-state index contributed by atoms with van der Waals surface area (Å²) in [6.07, 6.45) is 0. The van der Waals surface area contributed by atoms with Gasteiger partial charge in [0.05, 0.1) is 5.69 Å². The van der Waals surface area contributed by atoms with E-state index in [-0.39, 0.29) is 0 Å². The highest BCUT2D eigenvalue weighted by Gasteiger charge is 2.22. The first kappa shape index (κ1) is 36.2. The fourth-order valence-corrected chi connectivity index (χ4v) is 9.94. The molecule has 0 N–H and O–H groups in total. The van der Waals surface area contributed by atoms with Gasteiger partial charge in [0.15, 0.2) is 5.58 Å². The zero-order valence-corrected chi connectivity index (χ0v) is 34.9. The second kappa shape index (κ2) is 14.6. The highest BCUT2D eigenvalue weighted by molar-refractivity contribution is 6.23. The van der Waals surface area contributed by atoms with Crippen LogP contribution in [0.25, 0.3) is 109 Å². The van der Waals surface area contributed by atoms with E-state index in [1.54, 1.807) is 0 Å². The van der Waals surface area contributed by atoms with Crippen LogP contribution >= 0.6 is 0 Å². The molecule has 13 rings (SSSR count). The van der Waals surface area contributed by atoms with Crippen molar-refractivity contribution in [3.63, 3.8) is 0 Å². The zero-order chi connectivity index (χ0) is 42.1. The van der Waals surface area contributed by atoms with Gasteiger partial charge in [-0.15, -0.1) is 0 Å². The zero-order valence-electron chi connectivity index (χ0n) is 34.9. The Labute approximate surface area is 370 Å². The van der Waals surface area contributed by atoms with Gasteiger partial charge in [-0.25, -0.2) is 0 Å². The highest BCUT2D eigenvalue weighted by Crippen LogP contribution is 2.46. The van der Waals surface area contributed by atoms with Crippen molar-refractivity contribution in [3.8, 4) is 33.4 Å². The first-order chi connectivity index (χ1) is 31.7. The Hall–Kier alpha value is -8.46. The van der Waals surface area contributed by atoms with Crippen LogP contribution in [0.1, 0.15) is 0 Å². The summed E-state index contributed by atoms with van der Waals surface area (Å²) in [5.74, 6) is 0. The number of hydrogen-bond acceptors (Lipinski definition) is 2. The predicted molar refractivity (Wildman–Crippen MR) is 272 cm³/mol. The van der Waals surface area contributed by atoms with Gasteiger partial charge in [0.1, 0.15) is 5.58 Å². The summed E-state index contributed by atoms with van der Waals surface area (Å²) in [4.78, 5) is 2.37. The fraction of sp³-hybridized carbons (Fsp3) is 0. The molecule has 0 unspecified atom stereocenters. The van der Waals surface area contributed by atoms with Crippen LogP contribution in [0.2, 0.25) is 0 Å². The normalized spacial score (nSPS) is 11.8. The Balaban J connectivity index is 0.942. The second-order valence-corrected chi connectivity index (χ2v) is 16.9. The molecule has 0 fully saturated rings. The molecule has 0 amide bonds. The van der Waals surface area contributed by atoms with E-state index in [2.05, 4.69) is 241 Å². The topological polar surface area (TPSA) is 16.4 Å². The van der Waals surface area contributed by atoms with Crippen LogP contribution in [-0.2, 0) is 0 Å². The van der Waals surface area contributed by atoms with Crippen molar-refractivity contribution in [2.24, 2.45) is 0 Å². The molecule has 0 spiro atoms. The van der Waals surface area contributed by atoms with E-state index in [1.165, 1.54) is 76.3 Å². The van der Waals surface area contributed by atoms with Crippen molar-refractivity contribution < 1.29 is 4.42 Å². The molecular formula is C62H39NO. The van der Waals surface area contributed by atoms with E-state index in [0.29, 0.717) is 0 Å². The maximum absolute atomic E-state index is 6.87. The quantitative estimate of drug-likeness (QED) is 0.166. The van der Waals surface area contributed by atoms with Gasteiger partial charge in [-0.1, -0.05) is 176 Å². The first-order valence-corrected chi connectivity index (χ1v) is 22.0. The Kier molecular flexibility index (Phi) is 8.25. The summed E-state index contributed by atoms with van der Waals surface area (Å²) in [6, 6.07) is 86.1. The Morgan fingerprint density at radius 2 is 0.781 bits per heavy atom. The lowest BCUT2D eigenvalue weighted by atomic mass is 9.96. The van der Waals surface area contributed by atoms with E-state index >= 15 is 0 Å². The average molecular weight is 814 g/mol. The van der Waals surface area contributed by atoms with Gasteiger partial charge < -0.3 is 9.32 Å². The number of rotatable bonds is 6. The van der Waals surface area contributed by atoms with E-state index in [4.69, 9.17) is 4.42 Å². The van der Waals surface area contributed by atoms with Crippen LogP contribution in [0.15, 0.2) is 241 Å². The Bertz CT molecular complexity index is 3960. The first-order valence-electron chi connectivity index (χ1n) is 22.0. The minimum absolute atomic E-state index is 0.867. The van der Waals surface area contributed by atoms with Crippen LogP contribution in [0.5, 0.6) is 0 Å². The summed E-state index contributed by atoms with van der Waals surface area (Å²) in [5, 5.41) is 14.4. The molecule has 2 heteroatoms. The lowest BCUT2D eigenvalue weighted by molar-refractivity contribution is 0.669. The third kappa shape index (κ3) is 6.03. The van der Waals surface area contributed by atoms with Gasteiger partial charge in [-0.3, -0.25) is 0 Å². The van der Waals surface area contributed by atoms with Crippen LogP contribution in [0, 0.1) is 0 Å². The average Bonchev–Trinajstić information content (AvgIpc) is 3.76. The molecule has 1 heterocycles. The molecule has 298 valence electrons. The van der Waals surface area contributed by atoms with E-state index in [0.717, 1.165) is 50.0 Å². The van der Waals surface area contributed by atoms with Gasteiger partial charge in [-0.2, -0.15) is 0 Å². The SMILES string of the molecule is c1ccc2cc(-c3ccc4cc(-c5ccc(N(c6ccc7ccc(-c8cccc9ccccc89)cc7c6)c6cc7ccccc7c7c6oc6ccccc67)cc5)ccc4c3)ccc2c1. The molecule has 0 aliphatic carbocycles. The number of nitrogens with zero attached hydrogens (tertiary/aromatic N) is 1. The number of hydrogen-bond donors (Lipinski definition) is 0. The van der Waals surface area contributed by atoms with Crippen LogP contribution in [-0.4, -0.2) is 0 Å². The molecule has 0 atom stereocenters. The Morgan fingerprint density at radius 3 is 1.55 bits per heavy atom. The van der Waals surface area contributed by atoms with Crippen LogP contribution < -0.4 is 4.90 Å². The molecular weight excluding hydrogens is 775 g/mol. The van der Waals surface area contributed by atoms with Crippen molar-refractivity contribution in [2.45, 2.75) is 0 Å². The predicted octanol–water partition coefficient (Wildman–Crippen LogP) is 17.8. The minimum Gasteiger partial charge on any atom is -0.454 e. The number of anilines is 3. The second-order valence-electron chi connectivity index (χ2n) is 16.9.